The number of carbonyl (C=O) groups excluding carboxylic acids is 1. The van der Waals surface area contributed by atoms with Crippen LogP contribution in [-0.4, -0.2) is 30.9 Å². The van der Waals surface area contributed by atoms with E-state index in [1.807, 2.05) is 13.1 Å². The normalized spacial score (nSPS) is 16.5. The Bertz CT molecular complexity index is 731. The van der Waals surface area contributed by atoms with Gasteiger partial charge in [-0.3, -0.25) is 9.69 Å². The molecular formula is C21H25FN2O. The fourth-order valence-electron chi connectivity index (χ4n) is 3.62. The molecule has 132 valence electrons. The zero-order valence-electron chi connectivity index (χ0n) is 14.7. The third-order valence-electron chi connectivity index (χ3n) is 4.94. The average Bonchev–Trinajstić information content (AvgIpc) is 2.62. The first-order valence-electron chi connectivity index (χ1n) is 8.93. The zero-order valence-corrected chi connectivity index (χ0v) is 14.7. The number of aryl methyl sites for hydroxylation is 1. The summed E-state index contributed by atoms with van der Waals surface area (Å²) in [7, 11) is 2.00. The smallest absolute Gasteiger partial charge is 0.234 e. The minimum atomic E-state index is -0.215. The van der Waals surface area contributed by atoms with Crippen molar-refractivity contribution in [3.63, 3.8) is 0 Å². The third-order valence-corrected chi connectivity index (χ3v) is 4.94. The van der Waals surface area contributed by atoms with Crippen LogP contribution in [-0.2, 0) is 17.6 Å². The highest BCUT2D eigenvalue weighted by molar-refractivity contribution is 5.78. The molecule has 0 fully saturated rings. The molecule has 1 amide bonds. The van der Waals surface area contributed by atoms with E-state index < -0.39 is 0 Å². The zero-order chi connectivity index (χ0) is 17.6. The molecule has 0 aliphatic heterocycles. The summed E-state index contributed by atoms with van der Waals surface area (Å²) in [6.07, 6.45) is 3.86. The van der Waals surface area contributed by atoms with E-state index in [4.69, 9.17) is 0 Å². The lowest BCUT2D eigenvalue weighted by Gasteiger charge is -2.32. The van der Waals surface area contributed by atoms with E-state index in [-0.39, 0.29) is 11.7 Å². The van der Waals surface area contributed by atoms with E-state index in [0.717, 1.165) is 19.3 Å². The largest absolute Gasteiger partial charge is 0.355 e. The Kier molecular flexibility index (Phi) is 5.82. The highest BCUT2D eigenvalue weighted by atomic mass is 19.1. The van der Waals surface area contributed by atoms with Gasteiger partial charge in [-0.1, -0.05) is 42.5 Å². The molecule has 1 N–H and O–H groups in total. The Hall–Kier alpha value is -2.20. The Morgan fingerprint density at radius 2 is 1.96 bits per heavy atom. The molecule has 0 unspecified atom stereocenters. The lowest BCUT2D eigenvalue weighted by atomic mass is 9.87. The van der Waals surface area contributed by atoms with Crippen LogP contribution < -0.4 is 5.32 Å². The van der Waals surface area contributed by atoms with Crippen LogP contribution >= 0.6 is 0 Å². The molecule has 3 rings (SSSR count). The van der Waals surface area contributed by atoms with Gasteiger partial charge in [-0.05, 0) is 55.5 Å². The minimum Gasteiger partial charge on any atom is -0.355 e. The third kappa shape index (κ3) is 4.45. The van der Waals surface area contributed by atoms with E-state index in [1.54, 1.807) is 12.1 Å². The summed E-state index contributed by atoms with van der Waals surface area (Å²) < 4.78 is 13.6. The van der Waals surface area contributed by atoms with E-state index in [0.29, 0.717) is 31.1 Å². The molecule has 1 aliphatic carbocycles. The van der Waals surface area contributed by atoms with Gasteiger partial charge >= 0.3 is 0 Å². The lowest BCUT2D eigenvalue weighted by molar-refractivity contribution is -0.122. The molecule has 0 spiro atoms. The number of benzene rings is 2. The summed E-state index contributed by atoms with van der Waals surface area (Å²) in [5.41, 5.74) is 3.37. The number of halogens is 1. The van der Waals surface area contributed by atoms with Crippen molar-refractivity contribution in [2.24, 2.45) is 0 Å². The SMILES string of the molecule is CN(CC(=O)NCCc1ccccc1F)[C@H]1CCCc2ccccc21. The van der Waals surface area contributed by atoms with Gasteiger partial charge in [0, 0.05) is 12.6 Å². The molecular weight excluding hydrogens is 315 g/mol. The maximum absolute atomic E-state index is 13.6. The molecule has 0 bridgehead atoms. The number of amides is 1. The molecule has 2 aromatic carbocycles. The molecule has 0 radical (unpaired) electrons. The fourth-order valence-corrected chi connectivity index (χ4v) is 3.62. The predicted molar refractivity (Wildman–Crippen MR) is 97.9 cm³/mol. The van der Waals surface area contributed by atoms with E-state index in [1.165, 1.54) is 17.2 Å². The number of fused-ring (bicyclic) bond motifs is 1. The molecule has 2 aromatic rings. The van der Waals surface area contributed by atoms with E-state index in [2.05, 4.69) is 34.5 Å². The summed E-state index contributed by atoms with van der Waals surface area (Å²) in [5, 5.41) is 2.91. The van der Waals surface area contributed by atoms with Crippen molar-refractivity contribution < 1.29 is 9.18 Å². The number of hydrogen-bond acceptors (Lipinski definition) is 2. The summed E-state index contributed by atoms with van der Waals surface area (Å²) in [5.74, 6) is -0.227. The minimum absolute atomic E-state index is 0.0121. The first-order chi connectivity index (χ1) is 12.1. The standard InChI is InChI=1S/C21H25FN2O/c1-24(20-12-6-9-16-7-2-4-10-18(16)20)15-21(25)23-14-13-17-8-3-5-11-19(17)22/h2-5,7-8,10-11,20H,6,9,12-15H2,1H3,(H,23,25)/t20-/m0/s1. The molecule has 25 heavy (non-hydrogen) atoms. The predicted octanol–water partition coefficient (Wildman–Crippen LogP) is 3.49. The molecule has 4 heteroatoms. The maximum atomic E-state index is 13.6. The number of likely N-dealkylation sites (N-methyl/N-ethyl adjacent to an activating group) is 1. The maximum Gasteiger partial charge on any atom is 0.234 e. The van der Waals surface area contributed by atoms with Crippen LogP contribution in [0.5, 0.6) is 0 Å². The summed E-state index contributed by atoms with van der Waals surface area (Å²) in [4.78, 5) is 14.4. The topological polar surface area (TPSA) is 32.3 Å². The van der Waals surface area contributed by atoms with Crippen LogP contribution in [0.2, 0.25) is 0 Å². The van der Waals surface area contributed by atoms with Crippen molar-refractivity contribution in [1.29, 1.82) is 0 Å². The van der Waals surface area contributed by atoms with Crippen molar-refractivity contribution in [2.45, 2.75) is 31.7 Å². The molecule has 1 atom stereocenters. The van der Waals surface area contributed by atoms with Crippen LogP contribution in [0.3, 0.4) is 0 Å². The van der Waals surface area contributed by atoms with Crippen LogP contribution in [0.25, 0.3) is 0 Å². The van der Waals surface area contributed by atoms with Gasteiger partial charge in [-0.15, -0.1) is 0 Å². The van der Waals surface area contributed by atoms with Gasteiger partial charge in [0.1, 0.15) is 5.82 Å². The van der Waals surface area contributed by atoms with Crippen LogP contribution in [0.15, 0.2) is 48.5 Å². The molecule has 3 nitrogen and oxygen atoms in total. The molecule has 1 aliphatic rings. The van der Waals surface area contributed by atoms with Gasteiger partial charge in [0.25, 0.3) is 0 Å². The average molecular weight is 340 g/mol. The van der Waals surface area contributed by atoms with Crippen molar-refractivity contribution in [2.75, 3.05) is 20.1 Å². The highest BCUT2D eigenvalue weighted by Gasteiger charge is 2.24. The van der Waals surface area contributed by atoms with Gasteiger partial charge in [-0.25, -0.2) is 4.39 Å². The quantitative estimate of drug-likeness (QED) is 0.873. The second kappa shape index (κ2) is 8.26. The highest BCUT2D eigenvalue weighted by Crippen LogP contribution is 2.33. The van der Waals surface area contributed by atoms with Gasteiger partial charge in [0.05, 0.1) is 6.54 Å². The fraction of sp³-hybridized carbons (Fsp3) is 0.381. The van der Waals surface area contributed by atoms with Crippen LogP contribution in [0, 0.1) is 5.82 Å². The lowest BCUT2D eigenvalue weighted by Crippen LogP contribution is -2.38. The Morgan fingerprint density at radius 1 is 1.20 bits per heavy atom. The van der Waals surface area contributed by atoms with Gasteiger partial charge in [0.15, 0.2) is 0 Å². The number of nitrogens with zero attached hydrogens (tertiary/aromatic N) is 1. The van der Waals surface area contributed by atoms with Crippen molar-refractivity contribution in [3.05, 3.63) is 71.0 Å². The van der Waals surface area contributed by atoms with E-state index >= 15 is 0 Å². The van der Waals surface area contributed by atoms with Gasteiger partial charge in [0.2, 0.25) is 5.91 Å². The molecule has 0 heterocycles. The van der Waals surface area contributed by atoms with Crippen LogP contribution in [0.1, 0.15) is 35.6 Å². The Labute approximate surface area is 148 Å². The first kappa shape index (κ1) is 17.6. The number of rotatable bonds is 6. The molecule has 0 aromatic heterocycles. The van der Waals surface area contributed by atoms with Crippen molar-refractivity contribution >= 4 is 5.91 Å². The second-order valence-corrected chi connectivity index (χ2v) is 6.71. The van der Waals surface area contributed by atoms with Gasteiger partial charge in [-0.2, -0.15) is 0 Å². The summed E-state index contributed by atoms with van der Waals surface area (Å²) >= 11 is 0. The molecule has 0 saturated heterocycles. The summed E-state index contributed by atoms with van der Waals surface area (Å²) in [6.45, 7) is 0.811. The summed E-state index contributed by atoms with van der Waals surface area (Å²) in [6, 6.07) is 15.5. The first-order valence-corrected chi connectivity index (χ1v) is 8.93. The van der Waals surface area contributed by atoms with E-state index in [9.17, 15) is 9.18 Å². The Balaban J connectivity index is 1.51. The number of hydrogen-bond donors (Lipinski definition) is 1. The number of carbonyl (C=O) groups is 1. The second-order valence-electron chi connectivity index (χ2n) is 6.71. The Morgan fingerprint density at radius 3 is 2.80 bits per heavy atom. The molecule has 0 saturated carbocycles. The number of nitrogens with one attached hydrogen (secondary N) is 1. The van der Waals surface area contributed by atoms with Crippen LogP contribution in [0.4, 0.5) is 4.39 Å². The monoisotopic (exact) mass is 340 g/mol. The van der Waals surface area contributed by atoms with Crippen molar-refractivity contribution in [1.82, 2.24) is 10.2 Å². The van der Waals surface area contributed by atoms with Crippen molar-refractivity contribution in [3.8, 4) is 0 Å². The van der Waals surface area contributed by atoms with Gasteiger partial charge < -0.3 is 5.32 Å².